The molecule has 1 spiro atoms. The molecule has 2 fully saturated rings. The fourth-order valence-electron chi connectivity index (χ4n) is 5.68. The highest BCUT2D eigenvalue weighted by Crippen LogP contribution is 2.38. The number of imide groups is 1. The van der Waals surface area contributed by atoms with E-state index in [0.29, 0.717) is 12.0 Å². The van der Waals surface area contributed by atoms with Gasteiger partial charge in [0.2, 0.25) is 0 Å². The maximum Gasteiger partial charge on any atom is 0.325 e. The van der Waals surface area contributed by atoms with Gasteiger partial charge in [-0.25, -0.2) is 4.79 Å². The quantitative estimate of drug-likeness (QED) is 0.409. The molecule has 1 saturated carbocycles. The normalized spacial score (nSPS) is 26.4. The minimum absolute atomic E-state index is 0.0944. The largest absolute Gasteiger partial charge is 0.348 e. The molecule has 6 nitrogen and oxygen atoms in total. The highest BCUT2D eigenvalue weighted by molar-refractivity contribution is 6.11. The van der Waals surface area contributed by atoms with Crippen LogP contribution in [0.3, 0.4) is 0 Å². The Morgan fingerprint density at radius 2 is 2.00 bits per heavy atom. The summed E-state index contributed by atoms with van der Waals surface area (Å²) in [6, 6.07) is 1.48. The second-order valence-corrected chi connectivity index (χ2v) is 9.66. The number of rotatable bonds is 6. The summed E-state index contributed by atoms with van der Waals surface area (Å²) in [4.78, 5) is 40.1. The van der Waals surface area contributed by atoms with Crippen molar-refractivity contribution in [3.63, 3.8) is 0 Å². The zero-order valence-corrected chi connectivity index (χ0v) is 19.1. The molecule has 1 saturated heterocycles. The number of Topliss-reactive ketones (excluding diaryl/α,β-unsaturated/α-hetero) is 1. The Kier molecular flexibility index (Phi) is 6.09. The van der Waals surface area contributed by atoms with Gasteiger partial charge in [-0.1, -0.05) is 31.4 Å². The molecule has 4 rings (SSSR count). The minimum atomic E-state index is -0.819. The van der Waals surface area contributed by atoms with Crippen LogP contribution in [0, 0.1) is 19.8 Å². The molecule has 2 aliphatic carbocycles. The minimum Gasteiger partial charge on any atom is -0.348 e. The Labute approximate surface area is 185 Å². The van der Waals surface area contributed by atoms with Crippen LogP contribution >= 0.6 is 0 Å². The van der Waals surface area contributed by atoms with E-state index in [0.717, 1.165) is 48.5 Å². The number of hydrogen-bond acceptors (Lipinski definition) is 3. The molecule has 1 aliphatic heterocycles. The summed E-state index contributed by atoms with van der Waals surface area (Å²) in [6.07, 6.45) is 11.9. The Morgan fingerprint density at radius 1 is 1.19 bits per heavy atom. The van der Waals surface area contributed by atoms with Gasteiger partial charge in [0.15, 0.2) is 5.78 Å². The zero-order valence-electron chi connectivity index (χ0n) is 19.1. The average Bonchev–Trinajstić information content (AvgIpc) is 3.17. The smallest absolute Gasteiger partial charge is 0.325 e. The van der Waals surface area contributed by atoms with Gasteiger partial charge in [0, 0.05) is 23.5 Å². The standard InChI is InChI=1S/C25H35N3O3/c1-17-9-7-8-13-25(17)23(30)28(24(31)26-25)16-22(29)21-15-18(2)27(19(21)3)14-12-20-10-5-4-6-11-20/h10,15,17H,4-9,11-14,16H2,1-3H3,(H,26,31)/t17-,25-/m0/s1. The van der Waals surface area contributed by atoms with Crippen LogP contribution in [0.25, 0.3) is 0 Å². The lowest BCUT2D eigenvalue weighted by Crippen LogP contribution is -2.54. The van der Waals surface area contributed by atoms with Crippen LogP contribution in [0.15, 0.2) is 17.7 Å². The van der Waals surface area contributed by atoms with Gasteiger partial charge in [-0.3, -0.25) is 14.5 Å². The van der Waals surface area contributed by atoms with Crippen LogP contribution < -0.4 is 5.32 Å². The number of hydrogen-bond donors (Lipinski definition) is 1. The summed E-state index contributed by atoms with van der Waals surface area (Å²) >= 11 is 0. The van der Waals surface area contributed by atoms with Gasteiger partial charge < -0.3 is 9.88 Å². The molecule has 2 heterocycles. The van der Waals surface area contributed by atoms with Crippen LogP contribution in [0.2, 0.25) is 0 Å². The molecule has 3 aliphatic rings. The van der Waals surface area contributed by atoms with Gasteiger partial charge in [-0.15, -0.1) is 0 Å². The van der Waals surface area contributed by atoms with Crippen molar-refractivity contribution in [3.8, 4) is 0 Å². The number of ketones is 1. The van der Waals surface area contributed by atoms with E-state index in [1.807, 2.05) is 26.8 Å². The van der Waals surface area contributed by atoms with E-state index < -0.39 is 11.6 Å². The molecule has 0 aromatic carbocycles. The molecule has 31 heavy (non-hydrogen) atoms. The van der Waals surface area contributed by atoms with Gasteiger partial charge in [-0.2, -0.15) is 0 Å². The van der Waals surface area contributed by atoms with Gasteiger partial charge in [0.05, 0.1) is 6.54 Å². The Hall–Kier alpha value is -2.37. The maximum absolute atomic E-state index is 13.2. The monoisotopic (exact) mass is 425 g/mol. The first-order valence-electron chi connectivity index (χ1n) is 11.9. The molecule has 6 heteroatoms. The number of carbonyl (C=O) groups is 3. The lowest BCUT2D eigenvalue weighted by atomic mass is 9.73. The maximum atomic E-state index is 13.2. The zero-order chi connectivity index (χ0) is 22.2. The summed E-state index contributed by atoms with van der Waals surface area (Å²) in [5.41, 5.74) is 3.28. The predicted molar refractivity (Wildman–Crippen MR) is 120 cm³/mol. The number of carbonyl (C=O) groups excluding carboxylic acids is 3. The van der Waals surface area contributed by atoms with Crippen LogP contribution in [0.4, 0.5) is 4.79 Å². The summed E-state index contributed by atoms with van der Waals surface area (Å²) in [5, 5.41) is 2.94. The van der Waals surface area contributed by atoms with E-state index >= 15 is 0 Å². The first-order chi connectivity index (χ1) is 14.8. The third-order valence-electron chi connectivity index (χ3n) is 7.72. The first-order valence-corrected chi connectivity index (χ1v) is 11.9. The fraction of sp³-hybridized carbons (Fsp3) is 0.640. The molecule has 168 valence electrons. The second-order valence-electron chi connectivity index (χ2n) is 9.66. The lowest BCUT2D eigenvalue weighted by molar-refractivity contribution is -0.133. The predicted octanol–water partition coefficient (Wildman–Crippen LogP) is 4.68. The Morgan fingerprint density at radius 3 is 2.71 bits per heavy atom. The van der Waals surface area contributed by atoms with Crippen molar-refractivity contribution in [1.82, 2.24) is 14.8 Å². The molecular weight excluding hydrogens is 390 g/mol. The molecule has 2 atom stereocenters. The molecule has 1 aromatic rings. The van der Waals surface area contributed by atoms with Gasteiger partial charge >= 0.3 is 6.03 Å². The van der Waals surface area contributed by atoms with Crippen molar-refractivity contribution in [2.75, 3.05) is 6.54 Å². The molecule has 0 unspecified atom stereocenters. The Bertz CT molecular complexity index is 929. The van der Waals surface area contributed by atoms with Gasteiger partial charge in [0.1, 0.15) is 5.54 Å². The summed E-state index contributed by atoms with van der Waals surface area (Å²) in [5.74, 6) is -0.298. The Balaban J connectivity index is 1.47. The second kappa shape index (κ2) is 8.64. The number of nitrogens with one attached hydrogen (secondary N) is 1. The molecule has 3 amide bonds. The van der Waals surface area contributed by atoms with E-state index in [4.69, 9.17) is 0 Å². The SMILES string of the molecule is Cc1cc(C(=O)CN2C(=O)N[C@]3(CCCC[C@@H]3C)C2=O)c(C)n1CCC1=CCCCC1. The highest BCUT2D eigenvalue weighted by Gasteiger charge is 2.55. The number of allylic oxidation sites excluding steroid dienone is 2. The molecule has 0 bridgehead atoms. The number of aromatic nitrogens is 1. The van der Waals surface area contributed by atoms with E-state index in [-0.39, 0.29) is 24.2 Å². The summed E-state index contributed by atoms with van der Waals surface area (Å²) in [7, 11) is 0. The molecule has 1 N–H and O–H groups in total. The van der Waals surface area contributed by atoms with Crippen LogP contribution in [0.5, 0.6) is 0 Å². The number of nitrogens with zero attached hydrogens (tertiary/aromatic N) is 2. The summed E-state index contributed by atoms with van der Waals surface area (Å²) in [6.45, 7) is 6.69. The topological polar surface area (TPSA) is 71.4 Å². The van der Waals surface area contributed by atoms with Crippen LogP contribution in [-0.2, 0) is 11.3 Å². The van der Waals surface area contributed by atoms with E-state index in [2.05, 4.69) is 16.0 Å². The van der Waals surface area contributed by atoms with Crippen LogP contribution in [0.1, 0.15) is 86.5 Å². The molecule has 1 aromatic heterocycles. The van der Waals surface area contributed by atoms with Crippen molar-refractivity contribution >= 4 is 17.7 Å². The third-order valence-corrected chi connectivity index (χ3v) is 7.72. The molecule has 0 radical (unpaired) electrons. The molecular formula is C25H35N3O3. The van der Waals surface area contributed by atoms with Crippen molar-refractivity contribution in [3.05, 3.63) is 34.7 Å². The van der Waals surface area contributed by atoms with Crippen molar-refractivity contribution in [2.45, 2.75) is 90.6 Å². The average molecular weight is 426 g/mol. The highest BCUT2D eigenvalue weighted by atomic mass is 16.2. The van der Waals surface area contributed by atoms with Crippen molar-refractivity contribution in [1.29, 1.82) is 0 Å². The van der Waals surface area contributed by atoms with E-state index in [1.165, 1.54) is 31.3 Å². The fourth-order valence-corrected chi connectivity index (χ4v) is 5.68. The number of aryl methyl sites for hydroxylation is 1. The van der Waals surface area contributed by atoms with Gasteiger partial charge in [0.25, 0.3) is 5.91 Å². The lowest BCUT2D eigenvalue weighted by Gasteiger charge is -2.36. The van der Waals surface area contributed by atoms with E-state index in [9.17, 15) is 14.4 Å². The van der Waals surface area contributed by atoms with Crippen molar-refractivity contribution in [2.24, 2.45) is 5.92 Å². The summed E-state index contributed by atoms with van der Waals surface area (Å²) < 4.78 is 2.19. The van der Waals surface area contributed by atoms with Crippen molar-refractivity contribution < 1.29 is 14.4 Å². The van der Waals surface area contributed by atoms with E-state index in [1.54, 1.807) is 0 Å². The first kappa shape index (κ1) is 21.8. The van der Waals surface area contributed by atoms with Gasteiger partial charge in [-0.05, 0) is 70.8 Å². The number of amides is 3. The van der Waals surface area contributed by atoms with Crippen LogP contribution in [-0.4, -0.2) is 39.3 Å². The number of urea groups is 1. The third kappa shape index (κ3) is 3.97.